The fourth-order valence-corrected chi connectivity index (χ4v) is 2.15. The Balaban J connectivity index is 0.00000200. The lowest BCUT2D eigenvalue weighted by molar-refractivity contribution is -0.122. The van der Waals surface area contributed by atoms with Gasteiger partial charge in [0.05, 0.1) is 6.54 Å². The van der Waals surface area contributed by atoms with Gasteiger partial charge in [-0.05, 0) is 12.1 Å². The van der Waals surface area contributed by atoms with Crippen LogP contribution in [0, 0.1) is 0 Å². The Kier molecular flexibility index (Phi) is 10.1. The summed E-state index contributed by atoms with van der Waals surface area (Å²) in [5.74, 6) is 1.06. The molecule has 8 heteroatoms. The number of nitrogens with two attached hydrogens (primary N) is 1. The van der Waals surface area contributed by atoms with Crippen molar-refractivity contribution in [3.63, 3.8) is 0 Å². The maximum absolute atomic E-state index is 11.6. The standard InChI is InChI=1S/C13H21N5O.2ClH/c14-4-6-16-13(19)11-17-7-9-18(10-8-17)12-3-1-2-5-15-12;;/h1-3,5H,4,6-11,14H2,(H,16,19);2*1H. The predicted octanol–water partition coefficient (Wildman–Crippen LogP) is 0.122. The summed E-state index contributed by atoms with van der Waals surface area (Å²) in [6, 6.07) is 5.93. The fourth-order valence-electron chi connectivity index (χ4n) is 2.15. The number of halogens is 2. The third kappa shape index (κ3) is 6.48. The van der Waals surface area contributed by atoms with Crippen LogP contribution in [0.5, 0.6) is 0 Å². The van der Waals surface area contributed by atoms with Crippen molar-refractivity contribution in [2.24, 2.45) is 5.73 Å². The van der Waals surface area contributed by atoms with Crippen LogP contribution >= 0.6 is 24.8 Å². The van der Waals surface area contributed by atoms with Crippen molar-refractivity contribution in [2.45, 2.75) is 0 Å². The maximum atomic E-state index is 11.6. The second-order valence-corrected chi connectivity index (χ2v) is 4.59. The quantitative estimate of drug-likeness (QED) is 0.799. The number of rotatable bonds is 5. The van der Waals surface area contributed by atoms with Crippen LogP contribution < -0.4 is 16.0 Å². The number of piperazine rings is 1. The molecule has 0 aromatic carbocycles. The van der Waals surface area contributed by atoms with Crippen LogP contribution in [-0.4, -0.2) is 61.6 Å². The zero-order valence-electron chi connectivity index (χ0n) is 11.9. The van der Waals surface area contributed by atoms with E-state index < -0.39 is 0 Å². The van der Waals surface area contributed by atoms with E-state index in [1.807, 2.05) is 24.4 Å². The summed E-state index contributed by atoms with van der Waals surface area (Å²) >= 11 is 0. The van der Waals surface area contributed by atoms with Crippen LogP contribution in [0.2, 0.25) is 0 Å². The number of carbonyl (C=O) groups is 1. The highest BCUT2D eigenvalue weighted by Crippen LogP contribution is 2.11. The molecule has 1 fully saturated rings. The summed E-state index contributed by atoms with van der Waals surface area (Å²) in [4.78, 5) is 20.3. The number of anilines is 1. The minimum Gasteiger partial charge on any atom is -0.354 e. The van der Waals surface area contributed by atoms with Gasteiger partial charge in [0.25, 0.3) is 0 Å². The van der Waals surface area contributed by atoms with Crippen LogP contribution in [0.4, 0.5) is 5.82 Å². The van der Waals surface area contributed by atoms with Crippen molar-refractivity contribution in [3.05, 3.63) is 24.4 Å². The summed E-state index contributed by atoms with van der Waals surface area (Å²) < 4.78 is 0. The van der Waals surface area contributed by atoms with Crippen molar-refractivity contribution < 1.29 is 4.79 Å². The van der Waals surface area contributed by atoms with E-state index in [4.69, 9.17) is 5.73 Å². The summed E-state index contributed by atoms with van der Waals surface area (Å²) in [5.41, 5.74) is 5.35. The number of aromatic nitrogens is 1. The van der Waals surface area contributed by atoms with Crippen molar-refractivity contribution in [1.29, 1.82) is 0 Å². The highest BCUT2D eigenvalue weighted by atomic mass is 35.5. The van der Waals surface area contributed by atoms with Gasteiger partial charge in [0.2, 0.25) is 5.91 Å². The van der Waals surface area contributed by atoms with Gasteiger partial charge in [0.1, 0.15) is 5.82 Å². The minimum atomic E-state index is 0. The first-order valence-corrected chi connectivity index (χ1v) is 6.64. The number of nitrogens with zero attached hydrogens (tertiary/aromatic N) is 3. The molecule has 0 bridgehead atoms. The molecule has 3 N–H and O–H groups in total. The van der Waals surface area contributed by atoms with E-state index in [-0.39, 0.29) is 30.7 Å². The third-order valence-corrected chi connectivity index (χ3v) is 3.18. The monoisotopic (exact) mass is 335 g/mol. The largest absolute Gasteiger partial charge is 0.354 e. The zero-order valence-corrected chi connectivity index (χ0v) is 13.5. The molecule has 0 aliphatic carbocycles. The SMILES string of the molecule is Cl.Cl.NCCNC(=O)CN1CCN(c2ccccn2)CC1. The van der Waals surface area contributed by atoms with Crippen molar-refractivity contribution in [2.75, 3.05) is 50.7 Å². The number of amides is 1. The average molecular weight is 336 g/mol. The van der Waals surface area contributed by atoms with Gasteiger partial charge in [-0.1, -0.05) is 6.07 Å². The molecule has 0 saturated carbocycles. The Morgan fingerprint density at radius 3 is 2.52 bits per heavy atom. The van der Waals surface area contributed by atoms with E-state index in [0.717, 1.165) is 32.0 Å². The van der Waals surface area contributed by atoms with Gasteiger partial charge in [0, 0.05) is 45.5 Å². The van der Waals surface area contributed by atoms with E-state index in [9.17, 15) is 4.79 Å². The number of hydrogen-bond acceptors (Lipinski definition) is 5. The topological polar surface area (TPSA) is 74.5 Å². The molecule has 0 atom stereocenters. The number of hydrogen-bond donors (Lipinski definition) is 2. The molecule has 2 heterocycles. The van der Waals surface area contributed by atoms with Crippen LogP contribution in [0.15, 0.2) is 24.4 Å². The number of pyridine rings is 1. The highest BCUT2D eigenvalue weighted by Gasteiger charge is 2.19. The first kappa shape index (κ1) is 19.9. The zero-order chi connectivity index (χ0) is 13.5. The van der Waals surface area contributed by atoms with Gasteiger partial charge >= 0.3 is 0 Å². The summed E-state index contributed by atoms with van der Waals surface area (Å²) in [7, 11) is 0. The molecule has 1 aromatic rings. The molecular formula is C13H23Cl2N5O. The van der Waals surface area contributed by atoms with Crippen LogP contribution in [0.3, 0.4) is 0 Å². The number of carbonyl (C=O) groups excluding carboxylic acids is 1. The molecule has 0 radical (unpaired) electrons. The molecule has 0 unspecified atom stereocenters. The van der Waals surface area contributed by atoms with Gasteiger partial charge in [-0.25, -0.2) is 4.98 Å². The second kappa shape index (κ2) is 10.6. The molecule has 1 aromatic heterocycles. The van der Waals surface area contributed by atoms with E-state index in [0.29, 0.717) is 19.6 Å². The minimum absolute atomic E-state index is 0. The van der Waals surface area contributed by atoms with Gasteiger partial charge in [-0.2, -0.15) is 0 Å². The second-order valence-electron chi connectivity index (χ2n) is 4.59. The van der Waals surface area contributed by atoms with Crippen LogP contribution in [0.1, 0.15) is 0 Å². The molecule has 6 nitrogen and oxygen atoms in total. The molecule has 2 rings (SSSR count). The average Bonchev–Trinajstić information content (AvgIpc) is 2.47. The third-order valence-electron chi connectivity index (χ3n) is 3.18. The highest BCUT2D eigenvalue weighted by molar-refractivity contribution is 5.85. The van der Waals surface area contributed by atoms with E-state index in [1.165, 1.54) is 0 Å². The number of nitrogens with one attached hydrogen (secondary N) is 1. The summed E-state index contributed by atoms with van der Waals surface area (Å²) in [5, 5.41) is 2.79. The van der Waals surface area contributed by atoms with Crippen molar-refractivity contribution >= 4 is 36.5 Å². The first-order chi connectivity index (χ1) is 9.29. The summed E-state index contributed by atoms with van der Waals surface area (Å²) in [6.07, 6.45) is 1.81. The first-order valence-electron chi connectivity index (χ1n) is 6.64. The molecule has 1 saturated heterocycles. The molecule has 0 spiro atoms. The van der Waals surface area contributed by atoms with E-state index in [2.05, 4.69) is 20.1 Å². The Morgan fingerprint density at radius 1 is 1.24 bits per heavy atom. The van der Waals surface area contributed by atoms with Gasteiger partial charge in [-0.15, -0.1) is 24.8 Å². The lowest BCUT2D eigenvalue weighted by Gasteiger charge is -2.34. The normalized spacial score (nSPS) is 14.8. The molecule has 1 amide bonds. The maximum Gasteiger partial charge on any atom is 0.234 e. The Hall–Kier alpha value is -1.08. The van der Waals surface area contributed by atoms with Crippen LogP contribution in [0.25, 0.3) is 0 Å². The fraction of sp³-hybridized carbons (Fsp3) is 0.538. The van der Waals surface area contributed by atoms with Crippen LogP contribution in [-0.2, 0) is 4.79 Å². The molecule has 1 aliphatic rings. The van der Waals surface area contributed by atoms with Gasteiger partial charge in [0.15, 0.2) is 0 Å². The summed E-state index contributed by atoms with van der Waals surface area (Å²) in [6.45, 7) is 5.06. The smallest absolute Gasteiger partial charge is 0.234 e. The van der Waals surface area contributed by atoms with Crippen molar-refractivity contribution in [3.8, 4) is 0 Å². The molecule has 1 aliphatic heterocycles. The Morgan fingerprint density at radius 2 is 1.95 bits per heavy atom. The van der Waals surface area contributed by atoms with E-state index >= 15 is 0 Å². The molecule has 21 heavy (non-hydrogen) atoms. The van der Waals surface area contributed by atoms with Crippen molar-refractivity contribution in [1.82, 2.24) is 15.2 Å². The predicted molar refractivity (Wildman–Crippen MR) is 89.5 cm³/mol. The Labute approximate surface area is 137 Å². The van der Waals surface area contributed by atoms with Gasteiger partial charge < -0.3 is 16.0 Å². The molecular weight excluding hydrogens is 313 g/mol. The van der Waals surface area contributed by atoms with E-state index in [1.54, 1.807) is 0 Å². The van der Waals surface area contributed by atoms with Gasteiger partial charge in [-0.3, -0.25) is 9.69 Å². The molecule has 120 valence electrons. The lowest BCUT2D eigenvalue weighted by Crippen LogP contribution is -2.50. The lowest BCUT2D eigenvalue weighted by atomic mass is 10.3. The Bertz CT molecular complexity index is 399.